The van der Waals surface area contributed by atoms with Gasteiger partial charge >= 0.3 is 5.97 Å². The van der Waals surface area contributed by atoms with Crippen molar-refractivity contribution in [2.24, 2.45) is 11.5 Å². The van der Waals surface area contributed by atoms with Gasteiger partial charge in [0.1, 0.15) is 18.1 Å². The molecule has 0 saturated heterocycles. The first-order chi connectivity index (χ1) is 12.1. The molecule has 0 aromatic heterocycles. The first-order valence-electron chi connectivity index (χ1n) is 8.34. The van der Waals surface area contributed by atoms with Crippen molar-refractivity contribution in [3.05, 3.63) is 0 Å². The van der Waals surface area contributed by atoms with E-state index < -0.39 is 54.5 Å². The van der Waals surface area contributed by atoms with Gasteiger partial charge < -0.3 is 37.6 Å². The number of carbonyl (C=O) groups excluding carboxylic acids is 3. The first kappa shape index (κ1) is 23.8. The molecule has 0 bridgehead atoms. The number of aliphatic carboxylic acids is 1. The van der Waals surface area contributed by atoms with Gasteiger partial charge in [0, 0.05) is 0 Å². The Hall–Kier alpha value is -2.24. The summed E-state index contributed by atoms with van der Waals surface area (Å²) in [5, 5.41) is 24.8. The van der Waals surface area contributed by atoms with Crippen molar-refractivity contribution in [3.8, 4) is 0 Å². The summed E-state index contributed by atoms with van der Waals surface area (Å²) < 4.78 is 0. The number of hydrogen-bond donors (Lipinski definition) is 7. The van der Waals surface area contributed by atoms with Crippen LogP contribution in [0.15, 0.2) is 0 Å². The maximum atomic E-state index is 12.1. The van der Waals surface area contributed by atoms with Crippen LogP contribution in [0.4, 0.5) is 0 Å². The summed E-state index contributed by atoms with van der Waals surface area (Å²) in [5.74, 6) is -3.35. The van der Waals surface area contributed by atoms with Gasteiger partial charge in [-0.3, -0.25) is 19.2 Å². The molecule has 0 aromatic rings. The number of aliphatic hydroxyl groups excluding tert-OH is 1. The summed E-state index contributed by atoms with van der Waals surface area (Å²) in [7, 11) is 0. The minimum Gasteiger partial charge on any atom is -0.480 e. The maximum Gasteiger partial charge on any atom is 0.325 e. The molecule has 0 rings (SSSR count). The van der Waals surface area contributed by atoms with Gasteiger partial charge in [-0.15, -0.1) is 0 Å². The van der Waals surface area contributed by atoms with Crippen molar-refractivity contribution in [1.29, 1.82) is 0 Å². The average Bonchev–Trinajstić information content (AvgIpc) is 2.58. The molecule has 3 amide bonds. The second kappa shape index (κ2) is 12.2. The molecule has 0 radical (unpaired) electrons. The smallest absolute Gasteiger partial charge is 0.325 e. The van der Waals surface area contributed by atoms with Crippen molar-refractivity contribution >= 4 is 23.7 Å². The number of aliphatic hydroxyl groups is 1. The molecule has 4 unspecified atom stereocenters. The molecule has 11 heteroatoms. The van der Waals surface area contributed by atoms with Crippen molar-refractivity contribution in [2.75, 3.05) is 13.2 Å². The van der Waals surface area contributed by atoms with Crippen LogP contribution in [0.1, 0.15) is 33.1 Å². The number of hydrogen-bond acceptors (Lipinski definition) is 7. The van der Waals surface area contributed by atoms with Crippen molar-refractivity contribution in [1.82, 2.24) is 16.0 Å². The highest BCUT2D eigenvalue weighted by Crippen LogP contribution is 1.99. The zero-order chi connectivity index (χ0) is 20.3. The van der Waals surface area contributed by atoms with Gasteiger partial charge in [-0.25, -0.2) is 0 Å². The van der Waals surface area contributed by atoms with Gasteiger partial charge in [0.2, 0.25) is 17.7 Å². The molecule has 4 atom stereocenters. The summed E-state index contributed by atoms with van der Waals surface area (Å²) in [6.07, 6.45) is 1.84. The lowest BCUT2D eigenvalue weighted by Gasteiger charge is -2.21. The fourth-order valence-electron chi connectivity index (χ4n) is 1.89. The minimum absolute atomic E-state index is 0.423. The first-order valence-corrected chi connectivity index (χ1v) is 8.34. The number of carboxylic acid groups (broad SMARTS) is 1. The Labute approximate surface area is 151 Å². The van der Waals surface area contributed by atoms with Crippen LogP contribution in [0.25, 0.3) is 0 Å². The van der Waals surface area contributed by atoms with Crippen LogP contribution in [-0.4, -0.2) is 71.2 Å². The topological polar surface area (TPSA) is 197 Å². The van der Waals surface area contributed by atoms with Crippen molar-refractivity contribution in [3.63, 3.8) is 0 Å². The molecule has 150 valence electrons. The molecular weight excluding hydrogens is 346 g/mol. The summed E-state index contributed by atoms with van der Waals surface area (Å²) in [6.45, 7) is 2.40. The zero-order valence-electron chi connectivity index (χ0n) is 15.0. The highest BCUT2D eigenvalue weighted by Gasteiger charge is 2.26. The summed E-state index contributed by atoms with van der Waals surface area (Å²) in [4.78, 5) is 46.6. The lowest BCUT2D eigenvalue weighted by molar-refractivity contribution is -0.142. The molecule has 0 saturated carbocycles. The fourth-order valence-corrected chi connectivity index (χ4v) is 1.89. The Bertz CT molecular complexity index is 501. The number of nitrogens with one attached hydrogen (secondary N) is 3. The van der Waals surface area contributed by atoms with Gasteiger partial charge in [0.15, 0.2) is 0 Å². The summed E-state index contributed by atoms with van der Waals surface area (Å²) >= 11 is 0. The normalized spacial score (nSPS) is 15.3. The number of nitrogens with two attached hydrogens (primary N) is 2. The van der Waals surface area contributed by atoms with E-state index in [2.05, 4.69) is 16.0 Å². The molecule has 0 aliphatic heterocycles. The second-order valence-corrected chi connectivity index (χ2v) is 5.93. The Kier molecular flexibility index (Phi) is 11.1. The van der Waals surface area contributed by atoms with E-state index >= 15 is 0 Å². The Morgan fingerprint density at radius 1 is 0.923 bits per heavy atom. The monoisotopic (exact) mass is 375 g/mol. The van der Waals surface area contributed by atoms with Gasteiger partial charge in [-0.2, -0.15) is 0 Å². The summed E-state index contributed by atoms with van der Waals surface area (Å²) in [5.41, 5.74) is 11.1. The van der Waals surface area contributed by atoms with Gasteiger partial charge in [-0.1, -0.05) is 6.42 Å². The van der Waals surface area contributed by atoms with E-state index in [1.807, 2.05) is 0 Å². The Morgan fingerprint density at radius 3 is 2.00 bits per heavy atom. The predicted molar refractivity (Wildman–Crippen MR) is 92.7 cm³/mol. The van der Waals surface area contributed by atoms with Crippen molar-refractivity contribution in [2.45, 2.75) is 57.3 Å². The summed E-state index contributed by atoms with van der Waals surface area (Å²) in [6, 6.07) is -4.31. The van der Waals surface area contributed by atoms with Crippen molar-refractivity contribution < 1.29 is 29.4 Å². The molecule has 0 aromatic carbocycles. The van der Waals surface area contributed by atoms with Gasteiger partial charge in [-0.05, 0) is 33.2 Å². The van der Waals surface area contributed by atoms with Crippen LogP contribution in [0, 0.1) is 0 Å². The quantitative estimate of drug-likeness (QED) is 0.175. The largest absolute Gasteiger partial charge is 0.480 e. The van der Waals surface area contributed by atoms with Gasteiger partial charge in [0.05, 0.1) is 12.6 Å². The molecule has 0 aliphatic rings. The van der Waals surface area contributed by atoms with Crippen LogP contribution >= 0.6 is 0 Å². The van der Waals surface area contributed by atoms with E-state index in [4.69, 9.17) is 16.6 Å². The van der Waals surface area contributed by atoms with Gasteiger partial charge in [0.25, 0.3) is 0 Å². The van der Waals surface area contributed by atoms with E-state index in [1.54, 1.807) is 0 Å². The van der Waals surface area contributed by atoms with E-state index in [1.165, 1.54) is 13.8 Å². The average molecular weight is 375 g/mol. The van der Waals surface area contributed by atoms with E-state index in [0.717, 1.165) is 6.42 Å². The van der Waals surface area contributed by atoms with Crippen LogP contribution in [-0.2, 0) is 19.2 Å². The molecule has 11 nitrogen and oxygen atoms in total. The van der Waals surface area contributed by atoms with Crippen LogP contribution < -0.4 is 27.4 Å². The number of carboxylic acids is 1. The Balaban J connectivity index is 4.54. The lowest BCUT2D eigenvalue weighted by Crippen LogP contribution is -2.57. The molecular formula is C15H29N5O6. The molecule has 0 aliphatic carbocycles. The maximum absolute atomic E-state index is 12.1. The highest BCUT2D eigenvalue weighted by atomic mass is 16.4. The minimum atomic E-state index is -1.35. The van der Waals surface area contributed by atoms with Crippen LogP contribution in [0.2, 0.25) is 0 Å². The number of amides is 3. The highest BCUT2D eigenvalue weighted by molar-refractivity contribution is 5.93. The van der Waals surface area contributed by atoms with E-state index in [-0.39, 0.29) is 0 Å². The molecule has 0 spiro atoms. The molecule has 9 N–H and O–H groups in total. The number of rotatable bonds is 12. The zero-order valence-corrected chi connectivity index (χ0v) is 15.0. The molecule has 0 fully saturated rings. The fraction of sp³-hybridized carbons (Fsp3) is 0.733. The lowest BCUT2D eigenvalue weighted by atomic mass is 10.1. The SMILES string of the molecule is CC(NC(=O)C(CO)NC(=O)C(C)NC(=O)C(N)CCCCN)C(=O)O. The van der Waals surface area contributed by atoms with E-state index in [0.29, 0.717) is 19.4 Å². The van der Waals surface area contributed by atoms with Crippen LogP contribution in [0.5, 0.6) is 0 Å². The predicted octanol–water partition coefficient (Wildman–Crippen LogP) is -2.99. The standard InChI is InChI=1S/C15H29N5O6/c1-8(18-13(23)10(17)5-3-4-6-16)12(22)20-11(7-21)14(24)19-9(2)15(25)26/h8-11,21H,3-7,16-17H2,1-2H3,(H,18,23)(H,19,24)(H,20,22)(H,25,26). The second-order valence-electron chi connectivity index (χ2n) is 5.93. The number of carbonyl (C=O) groups is 4. The number of unbranched alkanes of at least 4 members (excludes halogenated alkanes) is 1. The third kappa shape index (κ3) is 8.74. The third-order valence-electron chi connectivity index (χ3n) is 3.60. The van der Waals surface area contributed by atoms with E-state index in [9.17, 15) is 24.3 Å². The van der Waals surface area contributed by atoms with Crippen LogP contribution in [0.3, 0.4) is 0 Å². The third-order valence-corrected chi connectivity index (χ3v) is 3.60. The molecule has 0 heterocycles. The Morgan fingerprint density at radius 2 is 1.50 bits per heavy atom. The molecule has 26 heavy (non-hydrogen) atoms.